The topological polar surface area (TPSA) is 71.2 Å². The summed E-state index contributed by atoms with van der Waals surface area (Å²) >= 11 is 3.44. The van der Waals surface area contributed by atoms with Gasteiger partial charge in [-0.05, 0) is 34.8 Å². The number of pyridine rings is 1. The van der Waals surface area contributed by atoms with Crippen molar-refractivity contribution in [1.29, 1.82) is 0 Å². The van der Waals surface area contributed by atoms with Crippen molar-refractivity contribution in [3.8, 4) is 0 Å². The highest BCUT2D eigenvalue weighted by Gasteiger charge is 2.31. The third-order valence-corrected chi connectivity index (χ3v) is 3.50. The van der Waals surface area contributed by atoms with Crippen LogP contribution >= 0.6 is 15.9 Å². The fraction of sp³-hybridized carbons (Fsp3) is 0.455. The second kappa shape index (κ2) is 4.91. The van der Waals surface area contributed by atoms with Crippen molar-refractivity contribution >= 4 is 33.3 Å². The van der Waals surface area contributed by atoms with E-state index in [2.05, 4.69) is 26.2 Å². The number of anilines is 2. The number of amides is 1. The lowest BCUT2D eigenvalue weighted by atomic mass is 10.2. The molecule has 92 valence electrons. The van der Waals surface area contributed by atoms with Gasteiger partial charge in [-0.15, -0.1) is 0 Å². The Bertz CT molecular complexity index is 437. The van der Waals surface area contributed by atoms with Crippen molar-refractivity contribution in [2.75, 3.05) is 24.2 Å². The fourth-order valence-corrected chi connectivity index (χ4v) is 2.71. The number of nitrogens with one attached hydrogen (secondary N) is 1. The van der Waals surface area contributed by atoms with E-state index < -0.39 is 0 Å². The number of aromatic nitrogens is 1. The predicted molar refractivity (Wildman–Crippen MR) is 70.8 cm³/mol. The van der Waals surface area contributed by atoms with Gasteiger partial charge < -0.3 is 16.0 Å². The highest BCUT2D eigenvalue weighted by Crippen LogP contribution is 2.31. The quantitative estimate of drug-likeness (QED) is 0.859. The first-order valence-corrected chi connectivity index (χ1v) is 6.32. The molecule has 0 aromatic carbocycles. The molecular formula is C11H15BrN4O. The van der Waals surface area contributed by atoms with Gasteiger partial charge in [-0.1, -0.05) is 0 Å². The molecule has 2 heterocycles. The molecule has 1 aromatic rings. The molecule has 1 amide bonds. The SMILES string of the molecule is CNC(=O)C1CCCN1c1ncc(N)cc1Br. The van der Waals surface area contributed by atoms with Crippen LogP contribution < -0.4 is 16.0 Å². The highest BCUT2D eigenvalue weighted by atomic mass is 79.9. The molecule has 1 atom stereocenters. The van der Waals surface area contributed by atoms with Crippen molar-refractivity contribution in [1.82, 2.24) is 10.3 Å². The molecule has 3 N–H and O–H groups in total. The summed E-state index contributed by atoms with van der Waals surface area (Å²) in [5.41, 5.74) is 6.26. The number of hydrogen-bond donors (Lipinski definition) is 2. The van der Waals surface area contributed by atoms with Crippen LogP contribution in [0.1, 0.15) is 12.8 Å². The van der Waals surface area contributed by atoms with E-state index in [4.69, 9.17) is 5.73 Å². The first-order chi connectivity index (χ1) is 8.13. The molecule has 1 saturated heterocycles. The average molecular weight is 299 g/mol. The van der Waals surface area contributed by atoms with Gasteiger partial charge in [0.25, 0.3) is 0 Å². The molecule has 0 bridgehead atoms. The number of nitrogens with two attached hydrogens (primary N) is 1. The van der Waals surface area contributed by atoms with Crippen molar-refractivity contribution < 1.29 is 4.79 Å². The highest BCUT2D eigenvalue weighted by molar-refractivity contribution is 9.10. The van der Waals surface area contributed by atoms with Crippen LogP contribution in [0.2, 0.25) is 0 Å². The molecule has 0 aliphatic carbocycles. The Labute approximate surface area is 109 Å². The molecule has 5 nitrogen and oxygen atoms in total. The first-order valence-electron chi connectivity index (χ1n) is 5.52. The zero-order valence-electron chi connectivity index (χ0n) is 9.61. The molecule has 2 rings (SSSR count). The van der Waals surface area contributed by atoms with Gasteiger partial charge in [0.15, 0.2) is 0 Å². The van der Waals surface area contributed by atoms with Crippen LogP contribution in [0.3, 0.4) is 0 Å². The van der Waals surface area contributed by atoms with Crippen LogP contribution in [-0.4, -0.2) is 30.5 Å². The summed E-state index contributed by atoms with van der Waals surface area (Å²) in [5, 5.41) is 2.69. The van der Waals surface area contributed by atoms with E-state index in [1.165, 1.54) is 0 Å². The largest absolute Gasteiger partial charge is 0.397 e. The Morgan fingerprint density at radius 3 is 3.12 bits per heavy atom. The smallest absolute Gasteiger partial charge is 0.242 e. The van der Waals surface area contributed by atoms with Crippen molar-refractivity contribution in [2.45, 2.75) is 18.9 Å². The van der Waals surface area contributed by atoms with E-state index in [-0.39, 0.29) is 11.9 Å². The first kappa shape index (κ1) is 12.2. The third kappa shape index (κ3) is 2.36. The van der Waals surface area contributed by atoms with Gasteiger partial charge in [-0.25, -0.2) is 4.98 Å². The summed E-state index contributed by atoms with van der Waals surface area (Å²) in [6.07, 6.45) is 3.47. The second-order valence-corrected chi connectivity index (χ2v) is 4.89. The molecule has 1 aromatic heterocycles. The van der Waals surface area contributed by atoms with Gasteiger partial charge >= 0.3 is 0 Å². The summed E-state index contributed by atoms with van der Waals surface area (Å²) in [6, 6.07) is 1.68. The third-order valence-electron chi connectivity index (χ3n) is 2.92. The zero-order valence-corrected chi connectivity index (χ0v) is 11.2. The number of likely N-dealkylation sites (N-methyl/N-ethyl adjacent to an activating group) is 1. The number of carbonyl (C=O) groups is 1. The van der Waals surface area contributed by atoms with E-state index >= 15 is 0 Å². The Kier molecular flexibility index (Phi) is 3.51. The molecule has 1 aliphatic rings. The molecule has 17 heavy (non-hydrogen) atoms. The van der Waals surface area contributed by atoms with E-state index in [0.29, 0.717) is 5.69 Å². The number of hydrogen-bond acceptors (Lipinski definition) is 4. The van der Waals surface area contributed by atoms with Crippen LogP contribution in [0.15, 0.2) is 16.7 Å². The normalized spacial score (nSPS) is 19.4. The van der Waals surface area contributed by atoms with Gasteiger partial charge in [-0.3, -0.25) is 4.79 Å². The minimum Gasteiger partial charge on any atom is -0.397 e. The van der Waals surface area contributed by atoms with E-state index in [9.17, 15) is 4.79 Å². The maximum atomic E-state index is 11.8. The summed E-state index contributed by atoms with van der Waals surface area (Å²) in [6.45, 7) is 0.841. The van der Waals surface area contributed by atoms with Crippen molar-refractivity contribution in [2.24, 2.45) is 0 Å². The molecule has 1 unspecified atom stereocenters. The summed E-state index contributed by atoms with van der Waals surface area (Å²) in [5.74, 6) is 0.818. The van der Waals surface area contributed by atoms with Gasteiger partial charge in [-0.2, -0.15) is 0 Å². The molecule has 0 radical (unpaired) electrons. The Morgan fingerprint density at radius 1 is 1.71 bits per heavy atom. The minimum atomic E-state index is -0.132. The van der Waals surface area contributed by atoms with Crippen LogP contribution in [0.25, 0.3) is 0 Å². The number of halogens is 1. The Morgan fingerprint density at radius 2 is 2.47 bits per heavy atom. The summed E-state index contributed by atoms with van der Waals surface area (Å²) in [7, 11) is 1.66. The lowest BCUT2D eigenvalue weighted by molar-refractivity contribution is -0.121. The zero-order chi connectivity index (χ0) is 12.4. The number of nitrogen functional groups attached to an aromatic ring is 1. The lowest BCUT2D eigenvalue weighted by Crippen LogP contribution is -2.42. The van der Waals surface area contributed by atoms with Crippen molar-refractivity contribution in [3.63, 3.8) is 0 Å². The maximum absolute atomic E-state index is 11.8. The van der Waals surface area contributed by atoms with Crippen LogP contribution in [0.5, 0.6) is 0 Å². The number of carbonyl (C=O) groups excluding carboxylic acids is 1. The Hall–Kier alpha value is -1.30. The molecule has 0 saturated carbocycles. The fourth-order valence-electron chi connectivity index (χ4n) is 2.12. The molecular weight excluding hydrogens is 284 g/mol. The molecule has 0 spiro atoms. The van der Waals surface area contributed by atoms with Crippen molar-refractivity contribution in [3.05, 3.63) is 16.7 Å². The predicted octanol–water partition coefficient (Wildman–Crippen LogP) is 1.14. The minimum absolute atomic E-state index is 0.0352. The van der Waals surface area contributed by atoms with Crippen LogP contribution in [-0.2, 0) is 4.79 Å². The van der Waals surface area contributed by atoms with Crippen LogP contribution in [0.4, 0.5) is 11.5 Å². The molecule has 1 fully saturated rings. The van der Waals surface area contributed by atoms with E-state index in [0.717, 1.165) is 29.7 Å². The molecule has 1 aliphatic heterocycles. The van der Waals surface area contributed by atoms with Gasteiger partial charge in [0.2, 0.25) is 5.91 Å². The monoisotopic (exact) mass is 298 g/mol. The second-order valence-electron chi connectivity index (χ2n) is 4.04. The molecule has 6 heteroatoms. The van der Waals surface area contributed by atoms with E-state index in [1.54, 1.807) is 13.2 Å². The van der Waals surface area contributed by atoms with Gasteiger partial charge in [0, 0.05) is 13.6 Å². The lowest BCUT2D eigenvalue weighted by Gasteiger charge is -2.25. The standard InChI is InChI=1S/C11H15BrN4O/c1-14-11(17)9-3-2-4-16(9)10-8(12)5-7(13)6-15-10/h5-6,9H,2-4,13H2,1H3,(H,14,17). The summed E-state index contributed by atoms with van der Waals surface area (Å²) < 4.78 is 0.827. The number of nitrogens with zero attached hydrogens (tertiary/aromatic N) is 2. The average Bonchev–Trinajstić information content (AvgIpc) is 2.77. The maximum Gasteiger partial charge on any atom is 0.242 e. The number of rotatable bonds is 2. The van der Waals surface area contributed by atoms with Gasteiger partial charge in [0.1, 0.15) is 11.9 Å². The van der Waals surface area contributed by atoms with Gasteiger partial charge in [0.05, 0.1) is 16.4 Å². The van der Waals surface area contributed by atoms with E-state index in [1.807, 2.05) is 11.0 Å². The Balaban J connectivity index is 2.29. The summed E-state index contributed by atoms with van der Waals surface area (Å²) in [4.78, 5) is 18.1. The van der Waals surface area contributed by atoms with Crippen LogP contribution in [0, 0.1) is 0 Å².